The van der Waals surface area contributed by atoms with Crippen molar-refractivity contribution in [3.63, 3.8) is 0 Å². The smallest absolute Gasteiger partial charge is 0.238 e. The average Bonchev–Trinajstić information content (AvgIpc) is 2.87. The maximum atomic E-state index is 11.9. The van der Waals surface area contributed by atoms with E-state index in [0.717, 1.165) is 0 Å². The fraction of sp³-hybridized carbons (Fsp3) is 0.500. The van der Waals surface area contributed by atoms with E-state index < -0.39 is 0 Å². The Morgan fingerprint density at radius 1 is 1.32 bits per heavy atom. The molecule has 1 amide bonds. The Labute approximate surface area is 123 Å². The second-order valence-corrected chi connectivity index (χ2v) is 5.84. The Bertz CT molecular complexity index is 459. The molecule has 0 heterocycles. The Kier molecular flexibility index (Phi) is 5.08. The Morgan fingerprint density at radius 3 is 2.63 bits per heavy atom. The van der Waals surface area contributed by atoms with Gasteiger partial charge < -0.3 is 5.32 Å². The fourth-order valence-electron chi connectivity index (χ4n) is 2.48. The summed E-state index contributed by atoms with van der Waals surface area (Å²) in [6.45, 7) is 0.408. The molecule has 1 aromatic carbocycles. The molecule has 0 bridgehead atoms. The summed E-state index contributed by atoms with van der Waals surface area (Å²) in [6.07, 6.45) is 4.92. The van der Waals surface area contributed by atoms with Gasteiger partial charge in [0.05, 0.1) is 16.6 Å². The summed E-state index contributed by atoms with van der Waals surface area (Å²) in [6, 6.07) is 5.64. The lowest BCUT2D eigenvalue weighted by molar-refractivity contribution is -0.117. The molecular formula is C14H18Cl2N2O. The molecule has 2 rings (SSSR count). The number of hydrogen-bond acceptors (Lipinski definition) is 2. The first-order valence-electron chi connectivity index (χ1n) is 6.51. The molecule has 19 heavy (non-hydrogen) atoms. The molecule has 0 radical (unpaired) electrons. The summed E-state index contributed by atoms with van der Waals surface area (Å²) >= 11 is 11.7. The minimum absolute atomic E-state index is 0.0206. The lowest BCUT2D eigenvalue weighted by atomic mass is 10.2. The molecule has 0 unspecified atom stereocenters. The molecule has 1 aliphatic carbocycles. The molecule has 1 aliphatic rings. The van der Waals surface area contributed by atoms with Crippen LogP contribution in [0.1, 0.15) is 25.7 Å². The maximum absolute atomic E-state index is 11.9. The largest absolute Gasteiger partial charge is 0.325 e. The lowest BCUT2D eigenvalue weighted by Crippen LogP contribution is -2.36. The maximum Gasteiger partial charge on any atom is 0.238 e. The second-order valence-electron chi connectivity index (χ2n) is 5.03. The van der Waals surface area contributed by atoms with E-state index >= 15 is 0 Å². The number of likely N-dealkylation sites (N-methyl/N-ethyl adjacent to an activating group) is 1. The van der Waals surface area contributed by atoms with Crippen LogP contribution in [0, 0.1) is 0 Å². The van der Waals surface area contributed by atoms with Crippen molar-refractivity contribution in [2.24, 2.45) is 0 Å². The SMILES string of the molecule is CN(CC(=O)Nc1ccc(Cl)c(Cl)c1)C1CCCC1. The Morgan fingerprint density at radius 2 is 2.00 bits per heavy atom. The molecule has 0 spiro atoms. The van der Waals surface area contributed by atoms with Crippen LogP contribution in [0.25, 0.3) is 0 Å². The molecule has 0 atom stereocenters. The van der Waals surface area contributed by atoms with Crippen LogP contribution in [-0.2, 0) is 4.79 Å². The third-order valence-electron chi connectivity index (χ3n) is 3.54. The molecule has 104 valence electrons. The van der Waals surface area contributed by atoms with E-state index in [2.05, 4.69) is 10.2 Å². The first-order valence-corrected chi connectivity index (χ1v) is 7.27. The number of nitrogens with one attached hydrogen (secondary N) is 1. The zero-order valence-corrected chi connectivity index (χ0v) is 12.5. The van der Waals surface area contributed by atoms with Crippen LogP contribution in [0.5, 0.6) is 0 Å². The molecule has 0 aromatic heterocycles. The van der Waals surface area contributed by atoms with E-state index in [-0.39, 0.29) is 5.91 Å². The van der Waals surface area contributed by atoms with Gasteiger partial charge in [0.15, 0.2) is 0 Å². The first kappa shape index (κ1) is 14.6. The van der Waals surface area contributed by atoms with Gasteiger partial charge in [-0.3, -0.25) is 9.69 Å². The quantitative estimate of drug-likeness (QED) is 0.917. The van der Waals surface area contributed by atoms with Gasteiger partial charge in [-0.05, 0) is 38.1 Å². The Hall–Kier alpha value is -0.770. The van der Waals surface area contributed by atoms with Crippen LogP contribution in [-0.4, -0.2) is 30.4 Å². The van der Waals surface area contributed by atoms with E-state index in [1.54, 1.807) is 18.2 Å². The number of benzene rings is 1. The van der Waals surface area contributed by atoms with Gasteiger partial charge in [0, 0.05) is 11.7 Å². The van der Waals surface area contributed by atoms with Crippen LogP contribution in [0.15, 0.2) is 18.2 Å². The summed E-state index contributed by atoms with van der Waals surface area (Å²) in [5, 5.41) is 3.78. The number of hydrogen-bond donors (Lipinski definition) is 1. The van der Waals surface area contributed by atoms with E-state index in [4.69, 9.17) is 23.2 Å². The van der Waals surface area contributed by atoms with Gasteiger partial charge in [0.25, 0.3) is 0 Å². The third-order valence-corrected chi connectivity index (χ3v) is 4.28. The number of amides is 1. The third kappa shape index (κ3) is 4.10. The van der Waals surface area contributed by atoms with Crippen molar-refractivity contribution in [1.82, 2.24) is 4.90 Å². The van der Waals surface area contributed by atoms with Gasteiger partial charge >= 0.3 is 0 Å². The topological polar surface area (TPSA) is 32.3 Å². The molecule has 0 aliphatic heterocycles. The summed E-state index contributed by atoms with van der Waals surface area (Å²) < 4.78 is 0. The van der Waals surface area contributed by atoms with Crippen molar-refractivity contribution >= 4 is 34.8 Å². The zero-order valence-electron chi connectivity index (χ0n) is 11.0. The highest BCUT2D eigenvalue weighted by atomic mass is 35.5. The van der Waals surface area contributed by atoms with Gasteiger partial charge in [-0.2, -0.15) is 0 Å². The normalized spacial score (nSPS) is 16.0. The second kappa shape index (κ2) is 6.60. The predicted molar refractivity (Wildman–Crippen MR) is 80.0 cm³/mol. The van der Waals surface area contributed by atoms with Crippen LogP contribution < -0.4 is 5.32 Å². The van der Waals surface area contributed by atoms with Gasteiger partial charge in [0.1, 0.15) is 0 Å². The van der Waals surface area contributed by atoms with Gasteiger partial charge in [-0.1, -0.05) is 36.0 Å². The van der Waals surface area contributed by atoms with Crippen LogP contribution in [0.3, 0.4) is 0 Å². The van der Waals surface area contributed by atoms with Crippen LogP contribution in [0.2, 0.25) is 10.0 Å². The minimum atomic E-state index is -0.0206. The van der Waals surface area contributed by atoms with Crippen molar-refractivity contribution in [3.05, 3.63) is 28.2 Å². The number of carbonyl (C=O) groups is 1. The number of halogens is 2. The lowest BCUT2D eigenvalue weighted by Gasteiger charge is -2.23. The number of rotatable bonds is 4. The minimum Gasteiger partial charge on any atom is -0.325 e. The van der Waals surface area contributed by atoms with E-state index in [0.29, 0.717) is 28.3 Å². The summed E-state index contributed by atoms with van der Waals surface area (Å²) in [4.78, 5) is 14.1. The highest BCUT2D eigenvalue weighted by molar-refractivity contribution is 6.42. The predicted octanol–water partition coefficient (Wildman–Crippen LogP) is 3.81. The molecule has 1 fully saturated rings. The molecule has 5 heteroatoms. The number of nitrogens with zero attached hydrogens (tertiary/aromatic N) is 1. The van der Waals surface area contributed by atoms with Gasteiger partial charge in [-0.15, -0.1) is 0 Å². The first-order chi connectivity index (χ1) is 9.06. The molecule has 3 nitrogen and oxygen atoms in total. The monoisotopic (exact) mass is 300 g/mol. The summed E-state index contributed by atoms with van der Waals surface area (Å²) in [5.41, 5.74) is 0.680. The Balaban J connectivity index is 1.88. The van der Waals surface area contributed by atoms with Gasteiger partial charge in [0.2, 0.25) is 5.91 Å². The van der Waals surface area contributed by atoms with E-state index in [1.807, 2.05) is 7.05 Å². The highest BCUT2D eigenvalue weighted by Crippen LogP contribution is 2.25. The number of anilines is 1. The van der Waals surface area contributed by atoms with Gasteiger partial charge in [-0.25, -0.2) is 0 Å². The van der Waals surface area contributed by atoms with E-state index in [1.165, 1.54) is 25.7 Å². The average molecular weight is 301 g/mol. The van der Waals surface area contributed by atoms with Crippen molar-refractivity contribution in [2.45, 2.75) is 31.7 Å². The number of carbonyl (C=O) groups excluding carboxylic acids is 1. The van der Waals surface area contributed by atoms with E-state index in [9.17, 15) is 4.79 Å². The molecule has 1 N–H and O–H groups in total. The molecule has 0 saturated heterocycles. The van der Waals surface area contributed by atoms with Crippen molar-refractivity contribution < 1.29 is 4.79 Å². The van der Waals surface area contributed by atoms with Crippen LogP contribution in [0.4, 0.5) is 5.69 Å². The van der Waals surface area contributed by atoms with Crippen molar-refractivity contribution in [2.75, 3.05) is 18.9 Å². The molecule has 1 aromatic rings. The summed E-state index contributed by atoms with van der Waals surface area (Å²) in [5.74, 6) is -0.0206. The van der Waals surface area contributed by atoms with Crippen molar-refractivity contribution in [1.29, 1.82) is 0 Å². The standard InChI is InChI=1S/C14H18Cl2N2O/c1-18(11-4-2-3-5-11)9-14(19)17-10-6-7-12(15)13(16)8-10/h6-8,11H,2-5,9H2,1H3,(H,17,19). The van der Waals surface area contributed by atoms with Crippen LogP contribution >= 0.6 is 23.2 Å². The zero-order chi connectivity index (χ0) is 13.8. The van der Waals surface area contributed by atoms with Crippen molar-refractivity contribution in [3.8, 4) is 0 Å². The summed E-state index contributed by atoms with van der Waals surface area (Å²) in [7, 11) is 2.00. The fourth-order valence-corrected chi connectivity index (χ4v) is 2.77. The highest BCUT2D eigenvalue weighted by Gasteiger charge is 2.21. The molecule has 1 saturated carbocycles. The molecular weight excluding hydrogens is 283 g/mol.